The molecule has 2 aliphatic rings. The Labute approximate surface area is 153 Å². The first kappa shape index (κ1) is 17.2. The van der Waals surface area contributed by atoms with E-state index in [1.165, 1.54) is 5.56 Å². The predicted octanol–water partition coefficient (Wildman–Crippen LogP) is 2.84. The van der Waals surface area contributed by atoms with Crippen molar-refractivity contribution in [2.75, 3.05) is 0 Å². The van der Waals surface area contributed by atoms with E-state index < -0.39 is 5.60 Å². The first-order valence-electron chi connectivity index (χ1n) is 9.53. The molecular weight excluding hydrogens is 326 g/mol. The Morgan fingerprint density at radius 2 is 1.96 bits per heavy atom. The Morgan fingerprint density at radius 1 is 1.15 bits per heavy atom. The van der Waals surface area contributed by atoms with Crippen molar-refractivity contribution in [3.05, 3.63) is 59.7 Å². The Hall–Kier alpha value is -2.27. The summed E-state index contributed by atoms with van der Waals surface area (Å²) in [6, 6.07) is 7.93. The fraction of sp³-hybridized carbons (Fsp3) is 0.476. The van der Waals surface area contributed by atoms with Crippen LogP contribution in [0.3, 0.4) is 0 Å². The van der Waals surface area contributed by atoms with E-state index in [0.29, 0.717) is 12.8 Å². The quantitative estimate of drug-likeness (QED) is 0.892. The van der Waals surface area contributed by atoms with Gasteiger partial charge < -0.3 is 10.4 Å². The van der Waals surface area contributed by atoms with Gasteiger partial charge in [-0.3, -0.25) is 14.8 Å². The van der Waals surface area contributed by atoms with Crippen LogP contribution >= 0.6 is 0 Å². The van der Waals surface area contributed by atoms with Gasteiger partial charge in [-0.05, 0) is 62.6 Å². The summed E-state index contributed by atoms with van der Waals surface area (Å²) in [7, 11) is 0. The molecule has 0 radical (unpaired) electrons. The number of nitrogens with one attached hydrogen (secondary N) is 1. The maximum Gasteiger partial charge on any atom is 0.229 e. The highest BCUT2D eigenvalue weighted by molar-refractivity contribution is 5.84. The zero-order chi connectivity index (χ0) is 18.0. The van der Waals surface area contributed by atoms with Gasteiger partial charge in [0.2, 0.25) is 5.91 Å². The van der Waals surface area contributed by atoms with Gasteiger partial charge in [0.25, 0.3) is 0 Å². The molecule has 1 atom stereocenters. The lowest BCUT2D eigenvalue weighted by atomic mass is 9.78. The number of amides is 1. The van der Waals surface area contributed by atoms with Gasteiger partial charge in [-0.1, -0.05) is 12.1 Å². The van der Waals surface area contributed by atoms with Crippen LogP contribution in [-0.2, 0) is 16.8 Å². The summed E-state index contributed by atoms with van der Waals surface area (Å²) in [4.78, 5) is 21.4. The lowest BCUT2D eigenvalue weighted by Crippen LogP contribution is -2.44. The average Bonchev–Trinajstić information content (AvgIpc) is 2.70. The van der Waals surface area contributed by atoms with E-state index in [2.05, 4.69) is 21.4 Å². The van der Waals surface area contributed by atoms with Crippen molar-refractivity contribution in [2.45, 2.75) is 62.5 Å². The average molecular weight is 351 g/mol. The summed E-state index contributed by atoms with van der Waals surface area (Å²) in [5.74, 6) is -0.0550. The first-order valence-corrected chi connectivity index (χ1v) is 9.53. The van der Waals surface area contributed by atoms with E-state index in [9.17, 15) is 9.90 Å². The van der Waals surface area contributed by atoms with Crippen LogP contribution in [0.25, 0.3) is 0 Å². The molecule has 5 heteroatoms. The largest absolute Gasteiger partial charge is 0.385 e. The van der Waals surface area contributed by atoms with Gasteiger partial charge in [0.05, 0.1) is 17.2 Å². The number of fused-ring (bicyclic) bond motifs is 1. The zero-order valence-corrected chi connectivity index (χ0v) is 14.9. The number of hydrogen-bond donors (Lipinski definition) is 2. The standard InChI is InChI=1S/C21H25N3O2/c25-20(18-7-1-4-15-5-2-13-23-19(15)18)24-17-8-10-21(26,11-9-17)16-6-3-12-22-14-16/h2-3,5-6,12-14,17-18,26H,1,4,7-11H2,(H,24,25). The summed E-state index contributed by atoms with van der Waals surface area (Å²) in [6.45, 7) is 0. The van der Waals surface area contributed by atoms with E-state index in [1.807, 2.05) is 18.2 Å². The lowest BCUT2D eigenvalue weighted by Gasteiger charge is -2.37. The van der Waals surface area contributed by atoms with Gasteiger partial charge in [-0.25, -0.2) is 0 Å². The number of aromatic nitrogens is 2. The molecule has 1 saturated carbocycles. The Balaban J connectivity index is 1.39. The van der Waals surface area contributed by atoms with Gasteiger partial charge in [0.1, 0.15) is 0 Å². The van der Waals surface area contributed by atoms with Crippen molar-refractivity contribution in [3.63, 3.8) is 0 Å². The van der Waals surface area contributed by atoms with Crippen LogP contribution in [0, 0.1) is 0 Å². The summed E-state index contributed by atoms with van der Waals surface area (Å²) >= 11 is 0. The summed E-state index contributed by atoms with van der Waals surface area (Å²) in [5, 5.41) is 14.1. The molecule has 0 spiro atoms. The minimum absolute atomic E-state index is 0.0847. The second-order valence-corrected chi connectivity index (χ2v) is 7.55. The number of rotatable bonds is 3. The minimum Gasteiger partial charge on any atom is -0.385 e. The molecule has 2 heterocycles. The fourth-order valence-electron chi connectivity index (χ4n) is 4.33. The molecule has 2 aliphatic carbocycles. The molecule has 5 nitrogen and oxygen atoms in total. The van der Waals surface area contributed by atoms with Crippen LogP contribution in [-0.4, -0.2) is 27.0 Å². The molecule has 2 aromatic heterocycles. The third kappa shape index (κ3) is 3.36. The third-order valence-corrected chi connectivity index (χ3v) is 5.87. The second kappa shape index (κ2) is 7.16. The van der Waals surface area contributed by atoms with Crippen molar-refractivity contribution in [2.24, 2.45) is 0 Å². The van der Waals surface area contributed by atoms with Gasteiger partial charge in [-0.2, -0.15) is 0 Å². The highest BCUT2D eigenvalue weighted by atomic mass is 16.3. The van der Waals surface area contributed by atoms with Crippen molar-refractivity contribution in [1.29, 1.82) is 0 Å². The van der Waals surface area contributed by atoms with Crippen LogP contribution in [0.2, 0.25) is 0 Å². The smallest absolute Gasteiger partial charge is 0.229 e. The number of aliphatic hydroxyl groups is 1. The number of aryl methyl sites for hydroxylation is 1. The number of carbonyl (C=O) groups is 1. The molecule has 2 N–H and O–H groups in total. The Kier molecular flexibility index (Phi) is 4.72. The van der Waals surface area contributed by atoms with Crippen molar-refractivity contribution in [1.82, 2.24) is 15.3 Å². The van der Waals surface area contributed by atoms with Crippen molar-refractivity contribution < 1.29 is 9.90 Å². The molecule has 1 amide bonds. The molecule has 0 aliphatic heterocycles. The third-order valence-electron chi connectivity index (χ3n) is 5.87. The first-order chi connectivity index (χ1) is 12.7. The molecule has 26 heavy (non-hydrogen) atoms. The van der Waals surface area contributed by atoms with Crippen LogP contribution in [0.5, 0.6) is 0 Å². The maximum absolute atomic E-state index is 12.8. The van der Waals surface area contributed by atoms with Crippen molar-refractivity contribution in [3.8, 4) is 0 Å². The number of carbonyl (C=O) groups excluding carboxylic acids is 1. The topological polar surface area (TPSA) is 75.1 Å². The number of hydrogen-bond acceptors (Lipinski definition) is 4. The lowest BCUT2D eigenvalue weighted by molar-refractivity contribution is -0.124. The highest BCUT2D eigenvalue weighted by Crippen LogP contribution is 2.37. The molecule has 0 saturated heterocycles. The maximum atomic E-state index is 12.8. The minimum atomic E-state index is -0.825. The molecule has 0 bridgehead atoms. The van der Waals surface area contributed by atoms with Crippen molar-refractivity contribution >= 4 is 5.91 Å². The molecule has 1 fully saturated rings. The van der Waals surface area contributed by atoms with Crippen LogP contribution in [0.15, 0.2) is 42.9 Å². The second-order valence-electron chi connectivity index (χ2n) is 7.55. The van der Waals surface area contributed by atoms with Crippen LogP contribution in [0.4, 0.5) is 0 Å². The number of pyridine rings is 2. The van der Waals surface area contributed by atoms with Gasteiger partial charge in [0.15, 0.2) is 0 Å². The molecule has 0 aromatic carbocycles. The predicted molar refractivity (Wildman–Crippen MR) is 98.4 cm³/mol. The normalized spacial score (nSPS) is 28.2. The van der Waals surface area contributed by atoms with E-state index >= 15 is 0 Å². The molecule has 136 valence electrons. The number of nitrogens with zero attached hydrogens (tertiary/aromatic N) is 2. The fourth-order valence-corrected chi connectivity index (χ4v) is 4.33. The van der Waals surface area contributed by atoms with Crippen LogP contribution in [0.1, 0.15) is 61.3 Å². The SMILES string of the molecule is O=C(NC1CCC(O)(c2cccnc2)CC1)C1CCCc2cccnc21. The molecule has 1 unspecified atom stereocenters. The molecular formula is C21H25N3O2. The van der Waals surface area contributed by atoms with E-state index in [0.717, 1.165) is 43.4 Å². The van der Waals surface area contributed by atoms with Gasteiger partial charge >= 0.3 is 0 Å². The summed E-state index contributed by atoms with van der Waals surface area (Å²) in [5.41, 5.74) is 2.19. The monoisotopic (exact) mass is 351 g/mol. The van der Waals surface area contributed by atoms with Gasteiger partial charge in [0, 0.05) is 30.2 Å². The zero-order valence-electron chi connectivity index (χ0n) is 14.9. The van der Waals surface area contributed by atoms with E-state index in [1.54, 1.807) is 18.6 Å². The Morgan fingerprint density at radius 3 is 2.73 bits per heavy atom. The van der Waals surface area contributed by atoms with Gasteiger partial charge in [-0.15, -0.1) is 0 Å². The molecule has 2 aromatic rings. The van der Waals surface area contributed by atoms with E-state index in [-0.39, 0.29) is 17.9 Å². The van der Waals surface area contributed by atoms with E-state index in [4.69, 9.17) is 0 Å². The summed E-state index contributed by atoms with van der Waals surface area (Å²) < 4.78 is 0. The Bertz CT molecular complexity index is 770. The summed E-state index contributed by atoms with van der Waals surface area (Å²) in [6.07, 6.45) is 11.0. The molecule has 4 rings (SSSR count). The highest BCUT2D eigenvalue weighted by Gasteiger charge is 2.36. The van der Waals surface area contributed by atoms with Crippen LogP contribution < -0.4 is 5.32 Å².